The normalized spacial score (nSPS) is 15.9. The van der Waals surface area contributed by atoms with Crippen LogP contribution in [-0.4, -0.2) is 23.0 Å². The second-order valence-electron chi connectivity index (χ2n) is 6.37. The summed E-state index contributed by atoms with van der Waals surface area (Å²) in [6.45, 7) is 2.85. The van der Waals surface area contributed by atoms with E-state index in [0.29, 0.717) is 0 Å². The Kier molecular flexibility index (Phi) is 6.01. The molecule has 30 heavy (non-hydrogen) atoms. The molecule has 0 amide bonds. The summed E-state index contributed by atoms with van der Waals surface area (Å²) in [5.74, 6) is -1.51. The zero-order valence-corrected chi connectivity index (χ0v) is 16.4. The second kappa shape index (κ2) is 9.02. The molecule has 0 bridgehead atoms. The van der Waals surface area contributed by atoms with Crippen LogP contribution in [0.25, 0.3) is 0 Å². The van der Waals surface area contributed by atoms with Gasteiger partial charge in [-0.05, 0) is 13.8 Å². The molecule has 2 aromatic rings. The number of halogens is 3. The molecule has 7 nitrogen and oxygen atoms in total. The van der Waals surface area contributed by atoms with Crippen LogP contribution in [0.4, 0.5) is 19.0 Å². The standard InChI is InChI=1S/C20H20F3N3O4/c1-10(12-5-4-6-13(17(12)21)18(22)23)24-19-16(20-29-7-8-30-20)14(9-15(27)28-3)25-11(2)26-19/h4-8,10,18,20H,9H2,1-3H3,(H,24,25,26)/t10-/m1/s1/i10D. The molecule has 0 fully saturated rings. The first-order chi connectivity index (χ1) is 14.6. The number of benzene rings is 1. The molecular weight excluding hydrogens is 403 g/mol. The van der Waals surface area contributed by atoms with Crippen molar-refractivity contribution in [3.05, 3.63) is 64.7 Å². The number of aromatic nitrogens is 2. The molecule has 10 heteroatoms. The summed E-state index contributed by atoms with van der Waals surface area (Å²) >= 11 is 0. The van der Waals surface area contributed by atoms with Crippen LogP contribution in [0.2, 0.25) is 0 Å². The molecule has 0 spiro atoms. The van der Waals surface area contributed by atoms with Crippen LogP contribution in [-0.2, 0) is 25.4 Å². The largest absolute Gasteiger partial charge is 0.469 e. The molecule has 1 aliphatic heterocycles. The van der Waals surface area contributed by atoms with E-state index in [4.69, 9.17) is 15.6 Å². The van der Waals surface area contributed by atoms with E-state index in [2.05, 4.69) is 15.3 Å². The van der Waals surface area contributed by atoms with Gasteiger partial charge in [0.1, 0.15) is 30.0 Å². The Balaban J connectivity index is 2.07. The minimum absolute atomic E-state index is 0.0273. The van der Waals surface area contributed by atoms with Crippen LogP contribution < -0.4 is 5.32 Å². The number of nitrogens with zero attached hydrogens (tertiary/aromatic N) is 2. The molecule has 160 valence electrons. The van der Waals surface area contributed by atoms with Crippen molar-refractivity contribution in [3.8, 4) is 0 Å². The SMILES string of the molecule is [2H][C@](C)(Nc1nc(C)nc(CC(=O)OC)c1C1OC=CO1)c1cccc(C(F)F)c1F. The molecule has 0 aliphatic carbocycles. The maximum Gasteiger partial charge on any atom is 0.311 e. The molecule has 0 saturated heterocycles. The van der Waals surface area contributed by atoms with Crippen LogP contribution in [0.15, 0.2) is 30.7 Å². The molecule has 1 aromatic heterocycles. The van der Waals surface area contributed by atoms with Crippen molar-refractivity contribution >= 4 is 11.8 Å². The van der Waals surface area contributed by atoms with Crippen molar-refractivity contribution < 1.29 is 33.5 Å². The number of hydrogen-bond acceptors (Lipinski definition) is 7. The summed E-state index contributed by atoms with van der Waals surface area (Å²) in [6.07, 6.45) is -1.75. The third kappa shape index (κ3) is 4.47. The molecule has 3 rings (SSSR count). The van der Waals surface area contributed by atoms with Crippen LogP contribution >= 0.6 is 0 Å². The maximum absolute atomic E-state index is 14.7. The molecule has 0 saturated carbocycles. The molecule has 0 unspecified atom stereocenters. The summed E-state index contributed by atoms with van der Waals surface area (Å²) in [4.78, 5) is 20.4. The number of alkyl halides is 2. The van der Waals surface area contributed by atoms with Gasteiger partial charge in [0.05, 0.1) is 37.7 Å². The van der Waals surface area contributed by atoms with E-state index in [-0.39, 0.29) is 34.9 Å². The first-order valence-electron chi connectivity index (χ1n) is 9.39. The summed E-state index contributed by atoms with van der Waals surface area (Å²) in [5.41, 5.74) is -0.707. The number of esters is 1. The predicted octanol–water partition coefficient (Wildman–Crippen LogP) is 4.27. The van der Waals surface area contributed by atoms with Crippen LogP contribution in [0.5, 0.6) is 0 Å². The molecule has 1 aliphatic rings. The maximum atomic E-state index is 14.7. The highest BCUT2D eigenvalue weighted by Crippen LogP contribution is 2.35. The lowest BCUT2D eigenvalue weighted by Gasteiger charge is -2.22. The zero-order chi connectivity index (χ0) is 22.8. The van der Waals surface area contributed by atoms with E-state index in [1.165, 1.54) is 38.7 Å². The van der Waals surface area contributed by atoms with Gasteiger partial charge in [-0.1, -0.05) is 18.2 Å². The lowest BCUT2D eigenvalue weighted by atomic mass is 10.0. The van der Waals surface area contributed by atoms with Crippen molar-refractivity contribution in [2.75, 3.05) is 12.4 Å². The molecule has 1 aromatic carbocycles. The van der Waals surface area contributed by atoms with Gasteiger partial charge < -0.3 is 19.5 Å². The highest BCUT2D eigenvalue weighted by atomic mass is 19.3. The van der Waals surface area contributed by atoms with Gasteiger partial charge in [0.25, 0.3) is 12.7 Å². The van der Waals surface area contributed by atoms with E-state index < -0.39 is 36.1 Å². The number of nitrogens with one attached hydrogen (secondary N) is 1. The van der Waals surface area contributed by atoms with Crippen LogP contribution in [0.3, 0.4) is 0 Å². The number of carbonyl (C=O) groups excluding carboxylic acids is 1. The van der Waals surface area contributed by atoms with Crippen LogP contribution in [0, 0.1) is 12.7 Å². The minimum Gasteiger partial charge on any atom is -0.469 e. The van der Waals surface area contributed by atoms with Crippen molar-refractivity contribution in [1.82, 2.24) is 9.97 Å². The Labute approximate surface area is 172 Å². The Morgan fingerprint density at radius 3 is 2.60 bits per heavy atom. The van der Waals surface area contributed by atoms with Gasteiger partial charge >= 0.3 is 5.97 Å². The summed E-state index contributed by atoms with van der Waals surface area (Å²) in [6, 6.07) is 1.52. The molecule has 1 N–H and O–H groups in total. The van der Waals surface area contributed by atoms with Crippen LogP contribution in [0.1, 0.15) is 55.2 Å². The van der Waals surface area contributed by atoms with E-state index in [0.717, 1.165) is 6.07 Å². The van der Waals surface area contributed by atoms with Gasteiger partial charge in [-0.2, -0.15) is 0 Å². The molecule has 0 radical (unpaired) electrons. The van der Waals surface area contributed by atoms with E-state index in [1.807, 2.05) is 0 Å². The number of carbonyl (C=O) groups is 1. The Morgan fingerprint density at radius 2 is 1.97 bits per heavy atom. The third-order valence-electron chi connectivity index (χ3n) is 4.35. The number of rotatable bonds is 7. The average Bonchev–Trinajstić information content (AvgIpc) is 3.21. The van der Waals surface area contributed by atoms with E-state index >= 15 is 0 Å². The van der Waals surface area contributed by atoms with E-state index in [9.17, 15) is 18.0 Å². The van der Waals surface area contributed by atoms with Crippen molar-refractivity contribution in [1.29, 1.82) is 0 Å². The molecular formula is C20H20F3N3O4. The average molecular weight is 424 g/mol. The van der Waals surface area contributed by atoms with Gasteiger partial charge in [-0.3, -0.25) is 4.79 Å². The van der Waals surface area contributed by atoms with E-state index in [1.54, 1.807) is 6.92 Å². The van der Waals surface area contributed by atoms with Gasteiger partial charge in [0, 0.05) is 5.56 Å². The summed E-state index contributed by atoms with van der Waals surface area (Å²) in [7, 11) is 1.22. The number of methoxy groups -OCH3 is 1. The fraction of sp³-hybridized carbons (Fsp3) is 0.350. The fourth-order valence-corrected chi connectivity index (χ4v) is 2.95. The van der Waals surface area contributed by atoms with Crippen molar-refractivity contribution in [2.24, 2.45) is 0 Å². The number of ether oxygens (including phenoxy) is 3. The van der Waals surface area contributed by atoms with Gasteiger partial charge in [0.2, 0.25) is 0 Å². The Hall–Kier alpha value is -3.30. The third-order valence-corrected chi connectivity index (χ3v) is 4.35. The predicted molar refractivity (Wildman–Crippen MR) is 99.9 cm³/mol. The Bertz CT molecular complexity index is 1010. The fourth-order valence-electron chi connectivity index (χ4n) is 2.95. The van der Waals surface area contributed by atoms with Gasteiger partial charge in [-0.25, -0.2) is 23.1 Å². The van der Waals surface area contributed by atoms with Crippen molar-refractivity contribution in [3.63, 3.8) is 0 Å². The smallest absolute Gasteiger partial charge is 0.311 e. The topological polar surface area (TPSA) is 82.6 Å². The lowest BCUT2D eigenvalue weighted by Crippen LogP contribution is -2.19. The first-order valence-corrected chi connectivity index (χ1v) is 8.89. The first kappa shape index (κ1) is 20.0. The Morgan fingerprint density at radius 1 is 1.30 bits per heavy atom. The molecule has 1 atom stereocenters. The molecule has 2 heterocycles. The highest BCUT2D eigenvalue weighted by Gasteiger charge is 2.29. The van der Waals surface area contributed by atoms with Crippen molar-refractivity contribution in [2.45, 2.75) is 39.0 Å². The quantitative estimate of drug-likeness (QED) is 0.665. The minimum atomic E-state index is -3.04. The zero-order valence-electron chi connectivity index (χ0n) is 17.4. The number of anilines is 1. The van der Waals surface area contributed by atoms with Gasteiger partial charge in [0.15, 0.2) is 0 Å². The monoisotopic (exact) mass is 424 g/mol. The number of hydrogen-bond donors (Lipinski definition) is 1. The second-order valence-corrected chi connectivity index (χ2v) is 6.37. The lowest BCUT2D eigenvalue weighted by molar-refractivity contribution is -0.139. The summed E-state index contributed by atoms with van der Waals surface area (Å²) < 4.78 is 65.0. The highest BCUT2D eigenvalue weighted by molar-refractivity contribution is 5.73. The number of aryl methyl sites for hydroxylation is 1. The summed E-state index contributed by atoms with van der Waals surface area (Å²) in [5, 5.41) is 2.75. The van der Waals surface area contributed by atoms with Gasteiger partial charge in [-0.15, -0.1) is 0 Å².